The van der Waals surface area contributed by atoms with Gasteiger partial charge in [-0.25, -0.2) is 9.97 Å². The van der Waals surface area contributed by atoms with E-state index in [0.717, 1.165) is 50.2 Å². The number of pyridine rings is 2. The van der Waals surface area contributed by atoms with Crippen LogP contribution < -0.4 is 35.9 Å². The summed E-state index contributed by atoms with van der Waals surface area (Å²) in [5.74, 6) is -2.85. The number of ether oxygens (including phenoxy) is 2. The Morgan fingerprint density at radius 1 is 0.863 bits per heavy atom. The van der Waals surface area contributed by atoms with E-state index in [1.807, 2.05) is 18.4 Å². The minimum atomic E-state index is -1.08. The second-order valence-electron chi connectivity index (χ2n) is 18.6. The fourth-order valence-electron chi connectivity index (χ4n) is 9.85. The summed E-state index contributed by atoms with van der Waals surface area (Å²) in [6.45, 7) is 6.34. The summed E-state index contributed by atoms with van der Waals surface area (Å²) in [6.07, 6.45) is 5.97. The third kappa shape index (κ3) is 10.1. The number of imide groups is 2. The number of rotatable bonds is 16. The Bertz CT molecular complexity index is 3130. The van der Waals surface area contributed by atoms with Crippen LogP contribution in [0.25, 0.3) is 11.4 Å². The second-order valence-corrected chi connectivity index (χ2v) is 19.5. The molecule has 2 fully saturated rings. The van der Waals surface area contributed by atoms with Crippen molar-refractivity contribution in [2.24, 2.45) is 7.05 Å². The average molecular weight is 1040 g/mol. The highest BCUT2D eigenvalue weighted by atomic mass is 35.5. The lowest BCUT2D eigenvalue weighted by atomic mass is 10.0. The normalized spacial score (nSPS) is 18.0. The number of carbonyl (C=O) groups excluding carboxylic acids is 7. The minimum Gasteiger partial charge on any atom is -0.484 e. The Morgan fingerprint density at radius 3 is 2.32 bits per heavy atom. The number of halogens is 2. The van der Waals surface area contributed by atoms with Crippen molar-refractivity contribution in [3.8, 4) is 23.0 Å². The van der Waals surface area contributed by atoms with Gasteiger partial charge >= 0.3 is 0 Å². The maximum atomic E-state index is 14.6. The molecular formula is C51H52Cl2N10O10. The molecule has 7 amide bonds. The zero-order chi connectivity index (χ0) is 51.8. The zero-order valence-corrected chi connectivity index (χ0v) is 41.9. The van der Waals surface area contributed by atoms with Crippen LogP contribution in [-0.2, 0) is 21.4 Å². The summed E-state index contributed by atoms with van der Waals surface area (Å²) < 4.78 is 14.6. The van der Waals surface area contributed by atoms with Crippen molar-refractivity contribution in [2.45, 2.75) is 76.5 Å². The van der Waals surface area contributed by atoms with Gasteiger partial charge in [0, 0.05) is 62.6 Å². The average Bonchev–Trinajstić information content (AvgIpc) is 3.98. The highest BCUT2D eigenvalue weighted by Crippen LogP contribution is 2.45. The number of hydrogen-bond acceptors (Lipinski definition) is 13. The van der Waals surface area contributed by atoms with Gasteiger partial charge in [-0.1, -0.05) is 35.3 Å². The molecule has 0 spiro atoms. The lowest BCUT2D eigenvalue weighted by Gasteiger charge is -2.32. The Kier molecular flexibility index (Phi) is 14.5. The summed E-state index contributed by atoms with van der Waals surface area (Å²) in [7, 11) is 3.04. The van der Waals surface area contributed by atoms with Crippen LogP contribution in [0.15, 0.2) is 71.8 Å². The molecule has 2 atom stereocenters. The number of anilines is 1. The van der Waals surface area contributed by atoms with Gasteiger partial charge in [-0.05, 0) is 101 Å². The van der Waals surface area contributed by atoms with Crippen LogP contribution in [0.3, 0.4) is 0 Å². The summed E-state index contributed by atoms with van der Waals surface area (Å²) >= 11 is 12.7. The van der Waals surface area contributed by atoms with Crippen LogP contribution in [0, 0.1) is 0 Å². The van der Waals surface area contributed by atoms with Crippen molar-refractivity contribution in [2.75, 3.05) is 44.8 Å². The smallest absolute Gasteiger partial charge is 0.279 e. The molecular weight excluding hydrogens is 984 g/mol. The summed E-state index contributed by atoms with van der Waals surface area (Å²) in [4.78, 5) is 119. The Morgan fingerprint density at radius 2 is 1.60 bits per heavy atom. The van der Waals surface area contributed by atoms with Gasteiger partial charge in [0.25, 0.3) is 35.1 Å². The molecule has 73 heavy (non-hydrogen) atoms. The molecule has 20 nitrogen and oxygen atoms in total. The molecule has 4 aliphatic heterocycles. The van der Waals surface area contributed by atoms with Crippen molar-refractivity contribution in [3.05, 3.63) is 121 Å². The van der Waals surface area contributed by atoms with Gasteiger partial charge in [0.2, 0.25) is 17.7 Å². The van der Waals surface area contributed by atoms with Gasteiger partial charge in [0.15, 0.2) is 12.3 Å². The number of aromatic nitrogens is 4. The van der Waals surface area contributed by atoms with Gasteiger partial charge in [0.05, 0.1) is 40.1 Å². The zero-order valence-electron chi connectivity index (χ0n) is 40.4. The Balaban J connectivity index is 0.777. The molecule has 4 aliphatic rings. The predicted molar refractivity (Wildman–Crippen MR) is 267 cm³/mol. The third-order valence-corrected chi connectivity index (χ3v) is 13.9. The summed E-state index contributed by atoms with van der Waals surface area (Å²) in [6, 6.07) is 12.2. The molecule has 22 heteroatoms. The maximum absolute atomic E-state index is 14.6. The highest BCUT2D eigenvalue weighted by Gasteiger charge is 2.47. The first-order valence-electron chi connectivity index (χ1n) is 23.9. The van der Waals surface area contributed by atoms with Gasteiger partial charge in [-0.2, -0.15) is 0 Å². The van der Waals surface area contributed by atoms with Crippen LogP contribution in [-0.4, -0.2) is 122 Å². The Hall–Kier alpha value is -7.42. The first kappa shape index (κ1) is 50.5. The molecule has 2 saturated heterocycles. The number of unbranched alkanes of at least 4 members (excludes halogenated alkanes) is 1. The van der Waals surface area contributed by atoms with Gasteiger partial charge < -0.3 is 34.1 Å². The van der Waals surface area contributed by atoms with E-state index in [1.165, 1.54) is 53.2 Å². The van der Waals surface area contributed by atoms with Crippen LogP contribution in [0.2, 0.25) is 10.0 Å². The van der Waals surface area contributed by atoms with Crippen molar-refractivity contribution in [1.29, 1.82) is 0 Å². The molecule has 0 saturated carbocycles. The molecule has 1 unspecified atom stereocenters. The van der Waals surface area contributed by atoms with Crippen molar-refractivity contribution in [1.82, 2.24) is 44.9 Å². The molecule has 3 N–H and O–H groups in total. The monoisotopic (exact) mass is 1030 g/mol. The number of nitrogens with zero attached hydrogens (tertiary/aromatic N) is 7. The van der Waals surface area contributed by atoms with Crippen LogP contribution in [0.5, 0.6) is 11.6 Å². The molecule has 7 heterocycles. The van der Waals surface area contributed by atoms with E-state index >= 15 is 0 Å². The lowest BCUT2D eigenvalue weighted by Crippen LogP contribution is -2.54. The van der Waals surface area contributed by atoms with E-state index in [1.54, 1.807) is 37.4 Å². The lowest BCUT2D eigenvalue weighted by molar-refractivity contribution is -0.136. The first-order chi connectivity index (χ1) is 35.0. The van der Waals surface area contributed by atoms with Crippen molar-refractivity contribution < 1.29 is 43.0 Å². The maximum Gasteiger partial charge on any atom is 0.279 e. The number of methoxy groups -OCH3 is 1. The third-order valence-electron chi connectivity index (χ3n) is 13.5. The van der Waals surface area contributed by atoms with Gasteiger partial charge in [-0.3, -0.25) is 53.5 Å². The predicted octanol–water partition coefficient (Wildman–Crippen LogP) is 4.86. The first-order valence-corrected chi connectivity index (χ1v) is 24.7. The molecule has 3 aromatic heterocycles. The van der Waals surface area contributed by atoms with E-state index < -0.39 is 47.2 Å². The number of benzene rings is 2. The standard InChI is InChI=1S/C51H52Cl2N10O10/c1-27(2)61-43-41(51(71)62(38-22-31(53)25-59(3)50(38)70)42(43)28-7-9-30(52)10-8-28)58-44(61)36-21-29(24-55-47(36)72-4)45(66)56-32-15-19-60(20-16-32)18-6-5-17-54-40(65)26-73-33-11-12-34-35(23-33)49(69)63(48(34)68)37-13-14-39(64)57-46(37)67/h7-12,21-25,27,32,37,42H,5-6,13-20,26H2,1-4H3,(H,54,65)(H,56,66)(H,57,64,67)/t37?,42-/m1/s1. The molecule has 0 radical (unpaired) electrons. The van der Waals surface area contributed by atoms with E-state index in [-0.39, 0.29) is 88.1 Å². The molecule has 5 aromatic rings. The number of aryl methyl sites for hydroxylation is 1. The number of amides is 7. The number of likely N-dealkylation sites (tertiary alicyclic amines) is 1. The topological polar surface area (TPSA) is 236 Å². The quantitative estimate of drug-likeness (QED) is 0.0886. The molecule has 0 aliphatic carbocycles. The molecule has 2 aromatic carbocycles. The highest BCUT2D eigenvalue weighted by molar-refractivity contribution is 6.31. The number of fused-ring (bicyclic) bond motifs is 2. The van der Waals surface area contributed by atoms with Crippen molar-refractivity contribution >= 4 is 70.2 Å². The number of piperidine rings is 2. The minimum absolute atomic E-state index is 0.0148. The fourth-order valence-corrected chi connectivity index (χ4v) is 10.2. The Labute approximate surface area is 428 Å². The largest absolute Gasteiger partial charge is 0.484 e. The molecule has 380 valence electrons. The summed E-state index contributed by atoms with van der Waals surface area (Å²) in [5, 5.41) is 8.95. The number of imidazole rings is 1. The van der Waals surface area contributed by atoms with E-state index in [9.17, 15) is 38.4 Å². The van der Waals surface area contributed by atoms with Gasteiger partial charge in [0.1, 0.15) is 29.3 Å². The SMILES string of the molecule is COc1ncc(C(=O)NC2CCN(CCCCNC(=O)COc3ccc4c(c3)C(=O)N(C3CCC(=O)NC3=O)C4=O)CC2)cc1-c1nc2c(n1C(C)C)[C@@H](c1ccc(Cl)cc1)N(c1cc(Cl)cn(C)c1=O)C2=O. The molecule has 0 bridgehead atoms. The second kappa shape index (κ2) is 21.0. The number of hydrogen-bond donors (Lipinski definition) is 3. The van der Waals surface area contributed by atoms with Crippen LogP contribution >= 0.6 is 23.2 Å². The van der Waals surface area contributed by atoms with Crippen molar-refractivity contribution in [3.63, 3.8) is 0 Å². The fraction of sp³-hybridized carbons (Fsp3) is 0.373. The van der Waals surface area contributed by atoms with E-state index in [0.29, 0.717) is 34.2 Å². The molecule has 9 rings (SSSR count). The van der Waals surface area contributed by atoms with Crippen LogP contribution in [0.4, 0.5) is 5.69 Å². The summed E-state index contributed by atoms with van der Waals surface area (Å²) in [5.41, 5.74) is 1.88. The van der Waals surface area contributed by atoms with E-state index in [4.69, 9.17) is 37.7 Å². The van der Waals surface area contributed by atoms with Gasteiger partial charge in [-0.15, -0.1) is 0 Å². The van der Waals surface area contributed by atoms with E-state index in [2.05, 4.69) is 25.8 Å². The van der Waals surface area contributed by atoms with Crippen LogP contribution in [0.1, 0.15) is 117 Å². The number of nitrogens with one attached hydrogen (secondary N) is 3. The number of carbonyl (C=O) groups is 7.